The number of hydrogen-bond donors (Lipinski definition) is 2. The first-order valence-electron chi connectivity index (χ1n) is 9.70. The molecule has 0 atom stereocenters. The highest BCUT2D eigenvalue weighted by atomic mass is 16.5. The Kier molecular flexibility index (Phi) is 6.44. The van der Waals surface area contributed by atoms with E-state index in [1.807, 2.05) is 82.3 Å². The van der Waals surface area contributed by atoms with Crippen molar-refractivity contribution >= 4 is 17.4 Å². The second kappa shape index (κ2) is 9.19. The van der Waals surface area contributed by atoms with Gasteiger partial charge in [0.15, 0.2) is 5.82 Å². The molecule has 1 aromatic heterocycles. The van der Waals surface area contributed by atoms with Gasteiger partial charge >= 0.3 is 0 Å². The van der Waals surface area contributed by atoms with Crippen molar-refractivity contribution in [3.05, 3.63) is 66.4 Å². The van der Waals surface area contributed by atoms with Crippen molar-refractivity contribution in [3.8, 4) is 17.1 Å². The van der Waals surface area contributed by atoms with Crippen LogP contribution in [0.1, 0.15) is 38.2 Å². The molecule has 3 aromatic rings. The Morgan fingerprint density at radius 2 is 1.62 bits per heavy atom. The Labute approximate surface area is 171 Å². The molecule has 2 N–H and O–H groups in total. The van der Waals surface area contributed by atoms with Crippen molar-refractivity contribution in [1.82, 2.24) is 9.97 Å². The number of benzene rings is 2. The van der Waals surface area contributed by atoms with Crippen molar-refractivity contribution in [2.24, 2.45) is 0 Å². The van der Waals surface area contributed by atoms with Crippen molar-refractivity contribution < 1.29 is 9.53 Å². The number of carbonyl (C=O) groups excluding carboxylic acids is 1. The molecule has 1 amide bonds. The summed E-state index contributed by atoms with van der Waals surface area (Å²) in [6.07, 6.45) is 0.0970. The zero-order chi connectivity index (χ0) is 20.8. The number of amides is 1. The SMILES string of the molecule is CC(C)Nc1cc(C(=O)Nc2ccc(OC(C)C)cc2)nc(-c2ccccc2)n1. The molecule has 0 saturated carbocycles. The summed E-state index contributed by atoms with van der Waals surface area (Å²) in [5.41, 5.74) is 1.82. The van der Waals surface area contributed by atoms with Crippen LogP contribution in [-0.2, 0) is 0 Å². The third-order valence-electron chi connectivity index (χ3n) is 3.91. The van der Waals surface area contributed by atoms with Gasteiger partial charge in [0.05, 0.1) is 6.10 Å². The smallest absolute Gasteiger partial charge is 0.274 e. The lowest BCUT2D eigenvalue weighted by Crippen LogP contribution is -2.17. The standard InChI is InChI=1S/C23H26N4O2/c1-15(2)24-21-14-20(26-22(27-21)17-8-6-5-7-9-17)23(28)25-18-10-12-19(13-11-18)29-16(3)4/h5-16H,1-4H3,(H,25,28)(H,24,26,27). The van der Waals surface area contributed by atoms with Crippen LogP contribution in [0.3, 0.4) is 0 Å². The molecule has 6 heteroatoms. The number of nitrogens with one attached hydrogen (secondary N) is 2. The van der Waals surface area contributed by atoms with Gasteiger partial charge in [-0.25, -0.2) is 9.97 Å². The molecule has 0 saturated heterocycles. The minimum atomic E-state index is -0.297. The third kappa shape index (κ3) is 5.78. The molecule has 0 fully saturated rings. The Morgan fingerprint density at radius 3 is 2.24 bits per heavy atom. The van der Waals surface area contributed by atoms with E-state index in [1.54, 1.807) is 6.07 Å². The van der Waals surface area contributed by atoms with Gasteiger partial charge in [-0.15, -0.1) is 0 Å². The Bertz CT molecular complexity index is 954. The monoisotopic (exact) mass is 390 g/mol. The lowest BCUT2D eigenvalue weighted by molar-refractivity contribution is 0.102. The molecule has 0 radical (unpaired) electrons. The molecule has 0 aliphatic carbocycles. The number of hydrogen-bond acceptors (Lipinski definition) is 5. The number of rotatable bonds is 7. The molecule has 0 bridgehead atoms. The number of nitrogens with zero attached hydrogens (tertiary/aromatic N) is 2. The van der Waals surface area contributed by atoms with E-state index >= 15 is 0 Å². The third-order valence-corrected chi connectivity index (χ3v) is 3.91. The van der Waals surface area contributed by atoms with Crippen molar-refractivity contribution in [2.75, 3.05) is 10.6 Å². The fourth-order valence-corrected chi connectivity index (χ4v) is 2.73. The molecule has 29 heavy (non-hydrogen) atoms. The van der Waals surface area contributed by atoms with E-state index in [1.165, 1.54) is 0 Å². The summed E-state index contributed by atoms with van der Waals surface area (Å²) in [5, 5.41) is 6.14. The predicted octanol–water partition coefficient (Wildman–Crippen LogP) is 5.00. The maximum absolute atomic E-state index is 12.8. The molecular weight excluding hydrogens is 364 g/mol. The first-order chi connectivity index (χ1) is 13.9. The van der Waals surface area contributed by atoms with Crippen molar-refractivity contribution in [2.45, 2.75) is 39.8 Å². The quantitative estimate of drug-likeness (QED) is 0.593. The van der Waals surface area contributed by atoms with Gasteiger partial charge in [-0.3, -0.25) is 4.79 Å². The van der Waals surface area contributed by atoms with Crippen LogP contribution in [0.25, 0.3) is 11.4 Å². The normalized spacial score (nSPS) is 10.8. The summed E-state index contributed by atoms with van der Waals surface area (Å²) in [4.78, 5) is 21.9. The maximum atomic E-state index is 12.8. The van der Waals surface area contributed by atoms with Gasteiger partial charge in [0, 0.05) is 23.4 Å². The minimum Gasteiger partial charge on any atom is -0.491 e. The summed E-state index contributed by atoms with van der Waals surface area (Å²) in [5.74, 6) is 1.57. The zero-order valence-corrected chi connectivity index (χ0v) is 17.1. The van der Waals surface area contributed by atoms with E-state index in [-0.39, 0.29) is 18.1 Å². The molecule has 6 nitrogen and oxygen atoms in total. The summed E-state index contributed by atoms with van der Waals surface area (Å²) in [7, 11) is 0. The van der Waals surface area contributed by atoms with Crippen LogP contribution >= 0.6 is 0 Å². The van der Waals surface area contributed by atoms with E-state index in [0.717, 1.165) is 11.3 Å². The highest BCUT2D eigenvalue weighted by molar-refractivity contribution is 6.03. The molecule has 2 aromatic carbocycles. The minimum absolute atomic E-state index is 0.0970. The largest absolute Gasteiger partial charge is 0.491 e. The van der Waals surface area contributed by atoms with Crippen LogP contribution in [0, 0.1) is 0 Å². The average Bonchev–Trinajstić information content (AvgIpc) is 2.69. The summed E-state index contributed by atoms with van der Waals surface area (Å²) in [6, 6.07) is 18.7. The molecule has 150 valence electrons. The predicted molar refractivity (Wildman–Crippen MR) is 116 cm³/mol. The van der Waals surface area contributed by atoms with E-state index in [4.69, 9.17) is 4.74 Å². The fourth-order valence-electron chi connectivity index (χ4n) is 2.73. The van der Waals surface area contributed by atoms with Crippen LogP contribution in [-0.4, -0.2) is 28.0 Å². The number of anilines is 2. The van der Waals surface area contributed by atoms with E-state index in [2.05, 4.69) is 20.6 Å². The summed E-state index contributed by atoms with van der Waals surface area (Å²) >= 11 is 0. The number of carbonyl (C=O) groups is 1. The zero-order valence-electron chi connectivity index (χ0n) is 17.1. The first-order valence-corrected chi connectivity index (χ1v) is 9.70. The van der Waals surface area contributed by atoms with E-state index < -0.39 is 0 Å². The lowest BCUT2D eigenvalue weighted by Gasteiger charge is -2.13. The van der Waals surface area contributed by atoms with Gasteiger partial charge in [-0.1, -0.05) is 30.3 Å². The Balaban J connectivity index is 1.85. The van der Waals surface area contributed by atoms with Crippen LogP contribution in [0.2, 0.25) is 0 Å². The number of ether oxygens (including phenoxy) is 1. The van der Waals surface area contributed by atoms with Gasteiger partial charge < -0.3 is 15.4 Å². The molecule has 1 heterocycles. The highest BCUT2D eigenvalue weighted by Gasteiger charge is 2.14. The van der Waals surface area contributed by atoms with Crippen LogP contribution < -0.4 is 15.4 Å². The van der Waals surface area contributed by atoms with Gasteiger partial charge in [-0.05, 0) is 52.0 Å². The van der Waals surface area contributed by atoms with Gasteiger partial charge in [0.1, 0.15) is 17.3 Å². The van der Waals surface area contributed by atoms with Gasteiger partial charge in [0.25, 0.3) is 5.91 Å². The molecule has 3 rings (SSSR count). The highest BCUT2D eigenvalue weighted by Crippen LogP contribution is 2.20. The van der Waals surface area contributed by atoms with Crippen LogP contribution in [0.15, 0.2) is 60.7 Å². The first kappa shape index (κ1) is 20.3. The van der Waals surface area contributed by atoms with Crippen LogP contribution in [0.4, 0.5) is 11.5 Å². The molecule has 0 spiro atoms. The van der Waals surface area contributed by atoms with Crippen LogP contribution in [0.5, 0.6) is 5.75 Å². The van der Waals surface area contributed by atoms with E-state index in [0.29, 0.717) is 23.0 Å². The topological polar surface area (TPSA) is 76.1 Å². The van der Waals surface area contributed by atoms with E-state index in [9.17, 15) is 4.79 Å². The second-order valence-corrected chi connectivity index (χ2v) is 7.27. The number of aromatic nitrogens is 2. The average molecular weight is 390 g/mol. The second-order valence-electron chi connectivity index (χ2n) is 7.27. The molecule has 0 aliphatic heterocycles. The summed E-state index contributed by atoms with van der Waals surface area (Å²) < 4.78 is 5.63. The maximum Gasteiger partial charge on any atom is 0.274 e. The van der Waals surface area contributed by atoms with Gasteiger partial charge in [0.2, 0.25) is 0 Å². The lowest BCUT2D eigenvalue weighted by atomic mass is 10.2. The molecule has 0 unspecified atom stereocenters. The van der Waals surface area contributed by atoms with Crippen molar-refractivity contribution in [1.29, 1.82) is 0 Å². The summed E-state index contributed by atoms with van der Waals surface area (Å²) in [6.45, 7) is 7.98. The van der Waals surface area contributed by atoms with Gasteiger partial charge in [-0.2, -0.15) is 0 Å². The van der Waals surface area contributed by atoms with Crippen molar-refractivity contribution in [3.63, 3.8) is 0 Å². The fraction of sp³-hybridized carbons (Fsp3) is 0.261. The Hall–Kier alpha value is -3.41. The molecule has 0 aliphatic rings. The Morgan fingerprint density at radius 1 is 0.931 bits per heavy atom. The molecular formula is C23H26N4O2.